The first-order valence-electron chi connectivity index (χ1n) is 10.9. The summed E-state index contributed by atoms with van der Waals surface area (Å²) in [6.07, 6.45) is 1.39. The lowest BCUT2D eigenvalue weighted by Gasteiger charge is -2.31. The molecule has 2 amide bonds. The second-order valence-electron chi connectivity index (χ2n) is 7.73. The number of hydrogen-bond acceptors (Lipinski definition) is 4. The van der Waals surface area contributed by atoms with Crippen molar-refractivity contribution in [3.63, 3.8) is 0 Å². The molecule has 2 aromatic carbocycles. The smallest absolute Gasteiger partial charge is 0.243 e. The number of nitrogens with zero attached hydrogens (tertiary/aromatic N) is 1. The van der Waals surface area contributed by atoms with Crippen LogP contribution in [0.5, 0.6) is 5.75 Å². The largest absolute Gasteiger partial charge is 0.497 e. The summed E-state index contributed by atoms with van der Waals surface area (Å²) in [4.78, 5) is 27.9. The maximum Gasteiger partial charge on any atom is 0.243 e. The Labute approximate surface area is 200 Å². The molecule has 0 aliphatic carbocycles. The number of carbonyl (C=O) groups excluding carboxylic acids is 2. The lowest BCUT2D eigenvalue weighted by atomic mass is 10.1. The highest BCUT2D eigenvalue weighted by atomic mass is 35.5. The molecular formula is C25H33ClN2O3S. The monoisotopic (exact) mass is 476 g/mol. The number of halogens is 1. The highest BCUT2D eigenvalue weighted by Crippen LogP contribution is 2.20. The fraction of sp³-hybridized carbons (Fsp3) is 0.440. The van der Waals surface area contributed by atoms with Crippen molar-refractivity contribution in [3.05, 3.63) is 64.7 Å². The van der Waals surface area contributed by atoms with E-state index in [0.29, 0.717) is 29.5 Å². The van der Waals surface area contributed by atoms with Crippen molar-refractivity contribution in [2.45, 2.75) is 58.0 Å². The molecule has 0 saturated heterocycles. The molecule has 0 aliphatic rings. The Morgan fingerprint density at radius 2 is 1.66 bits per heavy atom. The zero-order chi connectivity index (χ0) is 23.5. The molecule has 0 saturated carbocycles. The minimum absolute atomic E-state index is 0.0501. The van der Waals surface area contributed by atoms with Crippen LogP contribution in [0.3, 0.4) is 0 Å². The third-order valence-electron chi connectivity index (χ3n) is 5.31. The van der Waals surface area contributed by atoms with E-state index in [1.165, 1.54) is 11.8 Å². The Morgan fingerprint density at radius 1 is 1.03 bits per heavy atom. The van der Waals surface area contributed by atoms with Gasteiger partial charge in [-0.1, -0.05) is 49.7 Å². The minimum Gasteiger partial charge on any atom is -0.497 e. The van der Waals surface area contributed by atoms with Crippen LogP contribution in [0, 0.1) is 0 Å². The predicted octanol–water partition coefficient (Wildman–Crippen LogP) is 5.30. The molecule has 0 aliphatic heterocycles. The SMILES string of the molecule is CC[C@H](C(=O)N[C@@H](C)CC)N(Cc1ccc(OC)cc1)C(=O)CSCc1ccc(Cl)cc1. The predicted molar refractivity (Wildman–Crippen MR) is 133 cm³/mol. The molecule has 0 radical (unpaired) electrons. The summed E-state index contributed by atoms with van der Waals surface area (Å²) in [5, 5.41) is 3.73. The number of benzene rings is 2. The first-order valence-corrected chi connectivity index (χ1v) is 12.5. The molecule has 5 nitrogen and oxygen atoms in total. The van der Waals surface area contributed by atoms with Crippen molar-refractivity contribution in [2.24, 2.45) is 0 Å². The molecule has 0 fully saturated rings. The van der Waals surface area contributed by atoms with Gasteiger partial charge in [0.1, 0.15) is 11.8 Å². The highest BCUT2D eigenvalue weighted by Gasteiger charge is 2.29. The molecule has 0 bridgehead atoms. The molecule has 0 aromatic heterocycles. The maximum absolute atomic E-state index is 13.3. The average molecular weight is 477 g/mol. The number of hydrogen-bond donors (Lipinski definition) is 1. The molecule has 0 heterocycles. The van der Waals surface area contributed by atoms with E-state index in [1.807, 2.05) is 69.3 Å². The second-order valence-corrected chi connectivity index (χ2v) is 9.15. The Hall–Kier alpha value is -2.18. The van der Waals surface area contributed by atoms with Gasteiger partial charge in [0, 0.05) is 23.4 Å². The second kappa shape index (κ2) is 13.4. The Balaban J connectivity index is 2.13. The van der Waals surface area contributed by atoms with Crippen molar-refractivity contribution < 1.29 is 14.3 Å². The zero-order valence-electron chi connectivity index (χ0n) is 19.3. The summed E-state index contributed by atoms with van der Waals surface area (Å²) in [5.74, 6) is 1.60. The molecule has 0 spiro atoms. The summed E-state index contributed by atoms with van der Waals surface area (Å²) < 4.78 is 5.23. The number of rotatable bonds is 12. The fourth-order valence-electron chi connectivity index (χ4n) is 3.21. The van der Waals surface area contributed by atoms with E-state index in [0.717, 1.165) is 23.3 Å². The first-order chi connectivity index (χ1) is 15.4. The molecule has 174 valence electrons. The molecule has 32 heavy (non-hydrogen) atoms. The third-order valence-corrected chi connectivity index (χ3v) is 6.55. The number of nitrogens with one attached hydrogen (secondary N) is 1. The molecule has 7 heteroatoms. The van der Waals surface area contributed by atoms with Gasteiger partial charge in [0.25, 0.3) is 0 Å². The molecule has 2 rings (SSSR count). The van der Waals surface area contributed by atoms with E-state index in [-0.39, 0.29) is 17.9 Å². The lowest BCUT2D eigenvalue weighted by Crippen LogP contribution is -2.51. The van der Waals surface area contributed by atoms with Crippen LogP contribution in [-0.2, 0) is 21.9 Å². The van der Waals surface area contributed by atoms with Gasteiger partial charge in [-0.3, -0.25) is 9.59 Å². The molecule has 0 unspecified atom stereocenters. The number of thioether (sulfide) groups is 1. The van der Waals surface area contributed by atoms with Crippen molar-refractivity contribution in [1.82, 2.24) is 10.2 Å². The van der Waals surface area contributed by atoms with E-state index in [9.17, 15) is 9.59 Å². The molecular weight excluding hydrogens is 444 g/mol. The third kappa shape index (κ3) is 8.06. The van der Waals surface area contributed by atoms with Gasteiger partial charge in [-0.05, 0) is 55.2 Å². The van der Waals surface area contributed by atoms with Gasteiger partial charge in [-0.15, -0.1) is 11.8 Å². The summed E-state index contributed by atoms with van der Waals surface area (Å²) in [7, 11) is 1.62. The number of amides is 2. The van der Waals surface area contributed by atoms with E-state index in [4.69, 9.17) is 16.3 Å². The van der Waals surface area contributed by atoms with Gasteiger partial charge in [-0.25, -0.2) is 0 Å². The Morgan fingerprint density at radius 3 is 2.22 bits per heavy atom. The van der Waals surface area contributed by atoms with Gasteiger partial charge >= 0.3 is 0 Å². The van der Waals surface area contributed by atoms with Crippen molar-refractivity contribution in [2.75, 3.05) is 12.9 Å². The number of carbonyl (C=O) groups is 2. The molecule has 2 atom stereocenters. The van der Waals surface area contributed by atoms with Crippen LogP contribution in [0.1, 0.15) is 44.7 Å². The Bertz CT molecular complexity index is 858. The number of ether oxygens (including phenoxy) is 1. The van der Waals surface area contributed by atoms with Crippen LogP contribution in [-0.4, -0.2) is 41.7 Å². The van der Waals surface area contributed by atoms with Crippen LogP contribution >= 0.6 is 23.4 Å². The van der Waals surface area contributed by atoms with Gasteiger partial charge < -0.3 is 15.0 Å². The minimum atomic E-state index is -0.519. The lowest BCUT2D eigenvalue weighted by molar-refractivity contribution is -0.139. The van der Waals surface area contributed by atoms with Crippen LogP contribution < -0.4 is 10.1 Å². The number of methoxy groups -OCH3 is 1. The summed E-state index contributed by atoms with van der Waals surface area (Å²) in [6.45, 7) is 6.31. The van der Waals surface area contributed by atoms with Crippen LogP contribution in [0.25, 0.3) is 0 Å². The van der Waals surface area contributed by atoms with E-state index < -0.39 is 6.04 Å². The standard InChI is InChI=1S/C25H33ClN2O3S/c1-5-18(3)27-25(30)23(6-2)28(15-19-9-13-22(31-4)14-10-19)24(29)17-32-16-20-7-11-21(26)12-8-20/h7-14,18,23H,5-6,15-17H2,1-4H3,(H,27,30)/t18-,23+/m0/s1. The fourth-order valence-corrected chi connectivity index (χ4v) is 4.20. The average Bonchev–Trinajstić information content (AvgIpc) is 2.80. The summed E-state index contributed by atoms with van der Waals surface area (Å²) in [5.41, 5.74) is 2.06. The van der Waals surface area contributed by atoms with Crippen molar-refractivity contribution >= 4 is 35.2 Å². The van der Waals surface area contributed by atoms with E-state index in [1.54, 1.807) is 12.0 Å². The van der Waals surface area contributed by atoms with Gasteiger partial charge in [0.2, 0.25) is 11.8 Å². The van der Waals surface area contributed by atoms with E-state index >= 15 is 0 Å². The highest BCUT2D eigenvalue weighted by molar-refractivity contribution is 7.99. The molecule has 1 N–H and O–H groups in total. The van der Waals surface area contributed by atoms with Gasteiger partial charge in [0.15, 0.2) is 0 Å². The normalized spacial score (nSPS) is 12.7. The van der Waals surface area contributed by atoms with Crippen LogP contribution in [0.15, 0.2) is 48.5 Å². The van der Waals surface area contributed by atoms with Crippen molar-refractivity contribution in [1.29, 1.82) is 0 Å². The van der Waals surface area contributed by atoms with Crippen LogP contribution in [0.2, 0.25) is 5.02 Å². The Kier molecular flexibility index (Phi) is 10.9. The zero-order valence-corrected chi connectivity index (χ0v) is 20.8. The van der Waals surface area contributed by atoms with E-state index in [2.05, 4.69) is 5.32 Å². The topological polar surface area (TPSA) is 58.6 Å². The maximum atomic E-state index is 13.3. The summed E-state index contributed by atoms with van der Waals surface area (Å²) in [6, 6.07) is 14.8. The van der Waals surface area contributed by atoms with Gasteiger partial charge in [0.05, 0.1) is 12.9 Å². The summed E-state index contributed by atoms with van der Waals surface area (Å²) >= 11 is 7.48. The van der Waals surface area contributed by atoms with Crippen LogP contribution in [0.4, 0.5) is 0 Å². The first kappa shape index (κ1) is 26.1. The molecule has 2 aromatic rings. The quantitative estimate of drug-likeness (QED) is 0.451. The van der Waals surface area contributed by atoms with Gasteiger partial charge in [-0.2, -0.15) is 0 Å². The van der Waals surface area contributed by atoms with Crippen molar-refractivity contribution in [3.8, 4) is 5.75 Å².